The number of rotatable bonds is 8. The van der Waals surface area contributed by atoms with E-state index in [1.807, 2.05) is 0 Å². The number of halogens is 2. The van der Waals surface area contributed by atoms with E-state index in [0.717, 1.165) is 6.07 Å². The molecule has 0 heterocycles. The summed E-state index contributed by atoms with van der Waals surface area (Å²) in [4.78, 5) is 35.9. The molecule has 2 rings (SSSR count). The van der Waals surface area contributed by atoms with E-state index in [2.05, 4.69) is 10.1 Å². The third-order valence-corrected chi connectivity index (χ3v) is 3.81. The van der Waals surface area contributed by atoms with Gasteiger partial charge in [0.15, 0.2) is 23.4 Å². The van der Waals surface area contributed by atoms with Crippen molar-refractivity contribution in [2.24, 2.45) is 0 Å². The van der Waals surface area contributed by atoms with E-state index in [1.54, 1.807) is 18.2 Å². The van der Waals surface area contributed by atoms with Gasteiger partial charge in [-0.1, -0.05) is 12.1 Å². The molecule has 0 spiro atoms. The van der Waals surface area contributed by atoms with Gasteiger partial charge in [-0.15, -0.1) is 0 Å². The van der Waals surface area contributed by atoms with Gasteiger partial charge in [0.05, 0.1) is 12.7 Å². The lowest BCUT2D eigenvalue weighted by molar-refractivity contribution is -0.123. The van der Waals surface area contributed by atoms with Crippen LogP contribution in [0.1, 0.15) is 34.6 Å². The van der Waals surface area contributed by atoms with Gasteiger partial charge >= 0.3 is 12.6 Å². The number of carbonyl (C=O) groups is 3. The molecule has 0 bridgehead atoms. The molecule has 2 aromatic rings. The number of amides is 1. The van der Waals surface area contributed by atoms with E-state index in [-0.39, 0.29) is 22.8 Å². The van der Waals surface area contributed by atoms with Crippen LogP contribution in [0.3, 0.4) is 0 Å². The van der Waals surface area contributed by atoms with Crippen LogP contribution in [0.15, 0.2) is 42.5 Å². The second kappa shape index (κ2) is 9.63. The van der Waals surface area contributed by atoms with Crippen LogP contribution in [0.25, 0.3) is 0 Å². The third-order valence-electron chi connectivity index (χ3n) is 3.81. The van der Waals surface area contributed by atoms with Crippen LogP contribution in [0.2, 0.25) is 0 Å². The second-order valence-electron chi connectivity index (χ2n) is 5.92. The molecule has 1 amide bonds. The Morgan fingerprint density at radius 3 is 2.34 bits per heavy atom. The van der Waals surface area contributed by atoms with Crippen molar-refractivity contribution < 1.29 is 37.4 Å². The zero-order valence-corrected chi connectivity index (χ0v) is 15.9. The number of benzene rings is 2. The summed E-state index contributed by atoms with van der Waals surface area (Å²) in [5.74, 6) is -1.95. The van der Waals surface area contributed by atoms with Gasteiger partial charge < -0.3 is 19.5 Å². The molecule has 7 nitrogen and oxygen atoms in total. The number of carbonyl (C=O) groups excluding carboxylic acids is 3. The Hall–Kier alpha value is -3.49. The zero-order valence-electron chi connectivity index (χ0n) is 15.9. The first-order valence-corrected chi connectivity index (χ1v) is 8.47. The summed E-state index contributed by atoms with van der Waals surface area (Å²) in [6, 6.07) is 9.82. The highest BCUT2D eigenvalue weighted by atomic mass is 19.3. The first kappa shape index (κ1) is 21.8. The molecule has 0 saturated heterocycles. The number of alkyl halides is 2. The molecule has 0 aliphatic rings. The molecular formula is C20H19F2NO6. The summed E-state index contributed by atoms with van der Waals surface area (Å²) in [6.45, 7) is -0.280. The number of Topliss-reactive ketones (excluding diaryl/α,β-unsaturated/α-hetero) is 1. The van der Waals surface area contributed by atoms with E-state index in [9.17, 15) is 23.2 Å². The van der Waals surface area contributed by atoms with Crippen LogP contribution in [0.4, 0.5) is 14.5 Å². The van der Waals surface area contributed by atoms with E-state index in [4.69, 9.17) is 9.47 Å². The Labute approximate surface area is 165 Å². The molecule has 1 N–H and O–H groups in total. The number of ether oxygens (including phenoxy) is 3. The normalized spacial score (nSPS) is 11.5. The van der Waals surface area contributed by atoms with Crippen molar-refractivity contribution in [3.05, 3.63) is 53.6 Å². The summed E-state index contributed by atoms with van der Waals surface area (Å²) in [5.41, 5.74) is 0.785. The van der Waals surface area contributed by atoms with Crippen molar-refractivity contribution in [3.63, 3.8) is 0 Å². The lowest BCUT2D eigenvalue weighted by Crippen LogP contribution is -2.30. The SMILES string of the molecule is COc1cc(C(=O)O[C@H](C)C(=O)Nc2cccc(C(C)=O)c2)ccc1OC(F)F. The number of ketones is 1. The molecule has 0 saturated carbocycles. The predicted octanol–water partition coefficient (Wildman–Crippen LogP) is 3.68. The van der Waals surface area contributed by atoms with Gasteiger partial charge in [0.2, 0.25) is 0 Å². The van der Waals surface area contributed by atoms with Crippen molar-refractivity contribution in [2.75, 3.05) is 12.4 Å². The van der Waals surface area contributed by atoms with Crippen LogP contribution < -0.4 is 14.8 Å². The van der Waals surface area contributed by atoms with Gasteiger partial charge in [0.1, 0.15) is 0 Å². The molecule has 0 fully saturated rings. The van der Waals surface area contributed by atoms with Crippen LogP contribution in [-0.4, -0.2) is 37.5 Å². The van der Waals surface area contributed by atoms with Gasteiger partial charge in [-0.3, -0.25) is 9.59 Å². The number of methoxy groups -OCH3 is 1. The molecule has 0 unspecified atom stereocenters. The number of hydrogen-bond donors (Lipinski definition) is 1. The average molecular weight is 407 g/mol. The Kier molecular flexibility index (Phi) is 7.24. The van der Waals surface area contributed by atoms with E-state index < -0.39 is 24.6 Å². The minimum atomic E-state index is -3.05. The molecule has 29 heavy (non-hydrogen) atoms. The summed E-state index contributed by atoms with van der Waals surface area (Å²) in [7, 11) is 1.23. The van der Waals surface area contributed by atoms with Crippen molar-refractivity contribution in [1.82, 2.24) is 0 Å². The fourth-order valence-corrected chi connectivity index (χ4v) is 2.33. The van der Waals surface area contributed by atoms with Gasteiger partial charge in [-0.25, -0.2) is 4.79 Å². The molecule has 1 atom stereocenters. The van der Waals surface area contributed by atoms with Crippen LogP contribution >= 0.6 is 0 Å². The average Bonchev–Trinajstić information content (AvgIpc) is 2.67. The number of nitrogens with one attached hydrogen (secondary N) is 1. The third kappa shape index (κ3) is 6.00. The number of esters is 1. The molecular weight excluding hydrogens is 388 g/mol. The minimum absolute atomic E-state index is 0.0123. The van der Waals surface area contributed by atoms with Crippen molar-refractivity contribution in [1.29, 1.82) is 0 Å². The van der Waals surface area contributed by atoms with E-state index in [0.29, 0.717) is 11.3 Å². The molecule has 154 valence electrons. The van der Waals surface area contributed by atoms with Gasteiger partial charge in [-0.2, -0.15) is 8.78 Å². The molecule has 0 aromatic heterocycles. The van der Waals surface area contributed by atoms with Gasteiger partial charge in [0, 0.05) is 11.3 Å². The first-order valence-electron chi connectivity index (χ1n) is 8.47. The Morgan fingerprint density at radius 2 is 1.72 bits per heavy atom. The highest BCUT2D eigenvalue weighted by Gasteiger charge is 2.21. The summed E-state index contributed by atoms with van der Waals surface area (Å²) < 4.78 is 39.1. The Bertz CT molecular complexity index is 916. The maximum absolute atomic E-state index is 12.4. The molecule has 0 aliphatic carbocycles. The van der Waals surface area contributed by atoms with Crippen molar-refractivity contribution in [2.45, 2.75) is 26.6 Å². The molecule has 2 aromatic carbocycles. The van der Waals surface area contributed by atoms with Crippen LogP contribution in [0.5, 0.6) is 11.5 Å². The summed E-state index contributed by atoms with van der Waals surface area (Å²) in [5, 5.41) is 2.55. The Balaban J connectivity index is 2.05. The van der Waals surface area contributed by atoms with Crippen LogP contribution in [-0.2, 0) is 9.53 Å². The maximum Gasteiger partial charge on any atom is 0.387 e. The first-order chi connectivity index (χ1) is 13.7. The molecule has 0 aliphatic heterocycles. The van der Waals surface area contributed by atoms with Crippen LogP contribution in [0, 0.1) is 0 Å². The standard InChI is InChI=1S/C20H19F2NO6/c1-11(24)13-5-4-6-15(9-13)23-18(25)12(2)28-19(26)14-7-8-16(29-20(21)22)17(10-14)27-3/h4-10,12,20H,1-3H3,(H,23,25)/t12-/m1/s1. The molecule has 9 heteroatoms. The minimum Gasteiger partial charge on any atom is -0.493 e. The monoisotopic (exact) mass is 407 g/mol. The quantitative estimate of drug-likeness (QED) is 0.530. The van der Waals surface area contributed by atoms with Crippen molar-refractivity contribution >= 4 is 23.3 Å². The number of hydrogen-bond acceptors (Lipinski definition) is 6. The summed E-state index contributed by atoms with van der Waals surface area (Å²) >= 11 is 0. The lowest BCUT2D eigenvalue weighted by Gasteiger charge is -2.15. The lowest BCUT2D eigenvalue weighted by atomic mass is 10.1. The molecule has 0 radical (unpaired) electrons. The fraction of sp³-hybridized carbons (Fsp3) is 0.250. The van der Waals surface area contributed by atoms with E-state index >= 15 is 0 Å². The highest BCUT2D eigenvalue weighted by molar-refractivity contribution is 5.99. The predicted molar refractivity (Wildman–Crippen MR) is 99.6 cm³/mol. The maximum atomic E-state index is 12.4. The topological polar surface area (TPSA) is 90.9 Å². The zero-order chi connectivity index (χ0) is 21.6. The summed E-state index contributed by atoms with van der Waals surface area (Å²) in [6.07, 6.45) is -1.16. The van der Waals surface area contributed by atoms with Crippen molar-refractivity contribution in [3.8, 4) is 11.5 Å². The van der Waals surface area contributed by atoms with Gasteiger partial charge in [-0.05, 0) is 44.2 Å². The largest absolute Gasteiger partial charge is 0.493 e. The second-order valence-corrected chi connectivity index (χ2v) is 5.92. The smallest absolute Gasteiger partial charge is 0.387 e. The Morgan fingerprint density at radius 1 is 1.00 bits per heavy atom. The highest BCUT2D eigenvalue weighted by Crippen LogP contribution is 2.29. The number of anilines is 1. The fourth-order valence-electron chi connectivity index (χ4n) is 2.33. The van der Waals surface area contributed by atoms with Gasteiger partial charge in [0.25, 0.3) is 5.91 Å². The van der Waals surface area contributed by atoms with E-state index in [1.165, 1.54) is 39.2 Å².